The predicted molar refractivity (Wildman–Crippen MR) is 107 cm³/mol. The standard InChI is InChI=1S/C22H13F7N4O/c23-13-2-3-14(24)19-18(13)20(33-10-32-19)30-6-5-11-1-4-17(15(25)7-11)34-21-16(26)8-12(9-31-21)22(27,28)29/h1-4,7-10H,5-6H2,(H,30,32,33). The molecule has 0 radical (unpaired) electrons. The number of aromatic nitrogens is 3. The summed E-state index contributed by atoms with van der Waals surface area (Å²) >= 11 is 0. The lowest BCUT2D eigenvalue weighted by Crippen LogP contribution is -2.08. The Hall–Kier alpha value is -3.96. The Labute approximate surface area is 187 Å². The summed E-state index contributed by atoms with van der Waals surface area (Å²) < 4.78 is 99.1. The Bertz CT molecular complexity index is 1360. The van der Waals surface area contributed by atoms with Gasteiger partial charge in [-0.2, -0.15) is 13.2 Å². The largest absolute Gasteiger partial charge is 0.433 e. The molecule has 0 atom stereocenters. The lowest BCUT2D eigenvalue weighted by atomic mass is 10.1. The van der Waals surface area contributed by atoms with E-state index in [1.807, 2.05) is 0 Å². The molecule has 0 saturated carbocycles. The summed E-state index contributed by atoms with van der Waals surface area (Å²) in [7, 11) is 0. The quantitative estimate of drug-likeness (QED) is 0.339. The maximum atomic E-state index is 14.4. The second-order valence-electron chi connectivity index (χ2n) is 7.03. The van der Waals surface area contributed by atoms with Crippen LogP contribution in [-0.2, 0) is 12.6 Å². The normalized spacial score (nSPS) is 11.6. The molecule has 0 saturated heterocycles. The van der Waals surface area contributed by atoms with Gasteiger partial charge in [-0.15, -0.1) is 0 Å². The third kappa shape index (κ3) is 4.85. The molecular weight excluding hydrogens is 469 g/mol. The predicted octanol–water partition coefficient (Wildman–Crippen LogP) is 6.05. The number of nitrogens with zero attached hydrogens (tertiary/aromatic N) is 3. The van der Waals surface area contributed by atoms with Crippen LogP contribution in [0.15, 0.2) is 48.9 Å². The molecule has 0 bridgehead atoms. The summed E-state index contributed by atoms with van der Waals surface area (Å²) in [5.41, 5.74) is -1.03. The molecule has 2 aromatic heterocycles. The van der Waals surface area contributed by atoms with Crippen LogP contribution in [0.2, 0.25) is 0 Å². The smallest absolute Gasteiger partial charge is 0.417 e. The van der Waals surface area contributed by atoms with E-state index in [9.17, 15) is 30.7 Å². The first-order valence-corrected chi connectivity index (χ1v) is 9.65. The minimum absolute atomic E-state index is 0.0614. The molecule has 5 nitrogen and oxygen atoms in total. The Morgan fingerprint density at radius 3 is 2.29 bits per heavy atom. The van der Waals surface area contributed by atoms with Crippen molar-refractivity contribution in [3.8, 4) is 11.6 Å². The van der Waals surface area contributed by atoms with Crippen LogP contribution in [-0.4, -0.2) is 21.5 Å². The average molecular weight is 482 g/mol. The van der Waals surface area contributed by atoms with Crippen molar-refractivity contribution in [3.05, 3.63) is 83.3 Å². The Morgan fingerprint density at radius 1 is 0.824 bits per heavy atom. The first kappa shape index (κ1) is 23.2. The number of hydrogen-bond donors (Lipinski definition) is 1. The van der Waals surface area contributed by atoms with Gasteiger partial charge in [0.15, 0.2) is 17.4 Å². The van der Waals surface area contributed by atoms with Gasteiger partial charge < -0.3 is 10.1 Å². The second kappa shape index (κ2) is 9.12. The van der Waals surface area contributed by atoms with Crippen molar-refractivity contribution in [2.75, 3.05) is 11.9 Å². The summed E-state index contributed by atoms with van der Waals surface area (Å²) in [6.45, 7) is 0.163. The first-order valence-electron chi connectivity index (χ1n) is 9.65. The lowest BCUT2D eigenvalue weighted by Gasteiger charge is -2.11. The number of nitrogens with one attached hydrogen (secondary N) is 1. The number of pyridine rings is 1. The molecule has 176 valence electrons. The molecule has 0 aliphatic carbocycles. The second-order valence-corrected chi connectivity index (χ2v) is 7.03. The van der Waals surface area contributed by atoms with Gasteiger partial charge in [-0.3, -0.25) is 0 Å². The highest BCUT2D eigenvalue weighted by atomic mass is 19.4. The van der Waals surface area contributed by atoms with Crippen molar-refractivity contribution in [2.24, 2.45) is 0 Å². The third-order valence-corrected chi connectivity index (χ3v) is 4.73. The highest BCUT2D eigenvalue weighted by Crippen LogP contribution is 2.32. The molecule has 12 heteroatoms. The summed E-state index contributed by atoms with van der Waals surface area (Å²) in [5, 5.41) is 2.72. The topological polar surface area (TPSA) is 59.9 Å². The van der Waals surface area contributed by atoms with Gasteiger partial charge in [0.2, 0.25) is 0 Å². The van der Waals surface area contributed by atoms with Crippen LogP contribution in [0.3, 0.4) is 0 Å². The molecule has 4 rings (SSSR count). The zero-order chi connectivity index (χ0) is 24.5. The SMILES string of the molecule is Fc1cc(CCNc2ncnc3c(F)ccc(F)c23)ccc1Oc1ncc(C(F)(F)F)cc1F. The fourth-order valence-corrected chi connectivity index (χ4v) is 3.10. The van der Waals surface area contributed by atoms with E-state index in [1.54, 1.807) is 0 Å². The fourth-order valence-electron chi connectivity index (χ4n) is 3.10. The lowest BCUT2D eigenvalue weighted by molar-refractivity contribution is -0.138. The van der Waals surface area contributed by atoms with E-state index in [2.05, 4.69) is 20.3 Å². The van der Waals surface area contributed by atoms with Gasteiger partial charge in [0.05, 0.1) is 10.9 Å². The number of alkyl halides is 3. The van der Waals surface area contributed by atoms with Gasteiger partial charge >= 0.3 is 6.18 Å². The van der Waals surface area contributed by atoms with E-state index < -0.39 is 46.6 Å². The number of rotatable bonds is 6. The van der Waals surface area contributed by atoms with Gasteiger partial charge in [-0.25, -0.2) is 32.5 Å². The van der Waals surface area contributed by atoms with Crippen molar-refractivity contribution < 1.29 is 35.5 Å². The van der Waals surface area contributed by atoms with Crippen LogP contribution in [0.5, 0.6) is 11.6 Å². The third-order valence-electron chi connectivity index (χ3n) is 4.73. The molecule has 0 amide bonds. The van der Waals surface area contributed by atoms with Crippen molar-refractivity contribution in [1.82, 2.24) is 15.0 Å². The Morgan fingerprint density at radius 2 is 1.59 bits per heavy atom. The number of hydrogen-bond acceptors (Lipinski definition) is 5. The van der Waals surface area contributed by atoms with Crippen LogP contribution in [0, 0.1) is 23.3 Å². The average Bonchev–Trinajstić information content (AvgIpc) is 2.78. The summed E-state index contributed by atoms with van der Waals surface area (Å²) in [5.74, 6) is -4.92. The van der Waals surface area contributed by atoms with Crippen molar-refractivity contribution >= 4 is 16.7 Å². The highest BCUT2D eigenvalue weighted by Gasteiger charge is 2.32. The number of halogens is 7. The van der Waals surface area contributed by atoms with E-state index in [0.717, 1.165) is 24.5 Å². The maximum absolute atomic E-state index is 14.4. The molecule has 0 unspecified atom stereocenters. The molecule has 0 aliphatic rings. The molecule has 4 aromatic rings. The van der Waals surface area contributed by atoms with E-state index >= 15 is 0 Å². The van der Waals surface area contributed by atoms with E-state index in [0.29, 0.717) is 11.8 Å². The van der Waals surface area contributed by atoms with Crippen LogP contribution in [0.25, 0.3) is 10.9 Å². The zero-order valence-corrected chi connectivity index (χ0v) is 16.9. The molecule has 0 fully saturated rings. The number of benzene rings is 2. The van der Waals surface area contributed by atoms with Crippen LogP contribution < -0.4 is 10.1 Å². The van der Waals surface area contributed by atoms with Crippen molar-refractivity contribution in [1.29, 1.82) is 0 Å². The fraction of sp³-hybridized carbons (Fsp3) is 0.136. The van der Waals surface area contributed by atoms with E-state index in [1.165, 1.54) is 12.1 Å². The van der Waals surface area contributed by atoms with Gasteiger partial charge in [-0.05, 0) is 42.3 Å². The maximum Gasteiger partial charge on any atom is 0.417 e. The molecule has 0 aliphatic heterocycles. The number of ether oxygens (including phenoxy) is 1. The Balaban J connectivity index is 1.44. The molecule has 34 heavy (non-hydrogen) atoms. The zero-order valence-electron chi connectivity index (χ0n) is 16.9. The molecule has 1 N–H and O–H groups in total. The van der Waals surface area contributed by atoms with Crippen LogP contribution >= 0.6 is 0 Å². The van der Waals surface area contributed by atoms with E-state index in [-0.39, 0.29) is 35.8 Å². The van der Waals surface area contributed by atoms with Crippen molar-refractivity contribution in [3.63, 3.8) is 0 Å². The van der Waals surface area contributed by atoms with Gasteiger partial charge in [-0.1, -0.05) is 6.07 Å². The molecular formula is C22H13F7N4O. The number of fused-ring (bicyclic) bond motifs is 1. The summed E-state index contributed by atoms with van der Waals surface area (Å²) in [6.07, 6.45) is -3.10. The highest BCUT2D eigenvalue weighted by molar-refractivity contribution is 5.89. The Kier molecular flexibility index (Phi) is 6.22. The number of anilines is 1. The first-order chi connectivity index (χ1) is 16.1. The molecule has 2 aromatic carbocycles. The van der Waals surface area contributed by atoms with Gasteiger partial charge in [0.25, 0.3) is 5.88 Å². The minimum Gasteiger partial charge on any atom is -0.433 e. The minimum atomic E-state index is -4.79. The van der Waals surface area contributed by atoms with Crippen LogP contribution in [0.4, 0.5) is 36.6 Å². The van der Waals surface area contributed by atoms with Gasteiger partial charge in [0, 0.05) is 12.7 Å². The summed E-state index contributed by atoms with van der Waals surface area (Å²) in [4.78, 5) is 10.9. The van der Waals surface area contributed by atoms with E-state index in [4.69, 9.17) is 4.74 Å². The van der Waals surface area contributed by atoms with Crippen molar-refractivity contribution in [2.45, 2.75) is 12.6 Å². The summed E-state index contributed by atoms with van der Waals surface area (Å²) in [6, 6.07) is 5.80. The molecule has 2 heterocycles. The monoisotopic (exact) mass is 482 g/mol. The molecule has 0 spiro atoms. The van der Waals surface area contributed by atoms with Crippen LogP contribution in [0.1, 0.15) is 11.1 Å². The van der Waals surface area contributed by atoms with Gasteiger partial charge in [0.1, 0.15) is 29.3 Å².